The summed E-state index contributed by atoms with van der Waals surface area (Å²) in [7, 11) is -2.95. The first-order valence-electron chi connectivity index (χ1n) is 10.5. The van der Waals surface area contributed by atoms with Crippen LogP contribution in [0.2, 0.25) is 0 Å². The minimum Gasteiger partial charge on any atom is -0.497 e. The maximum atomic E-state index is 13.5. The largest absolute Gasteiger partial charge is 0.497 e. The third kappa shape index (κ3) is 5.45. The second-order valence-electron chi connectivity index (χ2n) is 8.46. The summed E-state index contributed by atoms with van der Waals surface area (Å²) >= 11 is 0. The Morgan fingerprint density at radius 2 is 1.88 bits per heavy atom. The number of carbonyl (C=O) groups excluding carboxylic acids is 2. The predicted molar refractivity (Wildman–Crippen MR) is 117 cm³/mol. The van der Waals surface area contributed by atoms with Crippen molar-refractivity contribution in [1.82, 2.24) is 10.4 Å². The number of hydrogen-bond acceptors (Lipinski definition) is 8. The molecule has 0 spiro atoms. The fourth-order valence-corrected chi connectivity index (χ4v) is 5.87. The van der Waals surface area contributed by atoms with Crippen molar-refractivity contribution in [2.45, 2.75) is 49.4 Å². The number of hydroxylamine groups is 1. The molecule has 11 nitrogen and oxygen atoms in total. The molecule has 1 aliphatic heterocycles. The van der Waals surface area contributed by atoms with Gasteiger partial charge in [0.05, 0.1) is 17.9 Å². The molecule has 0 saturated carbocycles. The average Bonchev–Trinajstić information content (AvgIpc) is 2.78. The van der Waals surface area contributed by atoms with Gasteiger partial charge >= 0.3 is 5.97 Å². The number of amides is 2. The fourth-order valence-electron chi connectivity index (χ4n) is 4.06. The molecule has 1 aromatic carbocycles. The molecule has 1 aliphatic rings. The Bertz CT molecular complexity index is 980. The van der Waals surface area contributed by atoms with Crippen LogP contribution in [0.5, 0.6) is 5.75 Å². The van der Waals surface area contributed by atoms with Crippen LogP contribution < -0.4 is 16.0 Å². The highest BCUT2D eigenvalue weighted by molar-refractivity contribution is 7.92. The number of benzene rings is 1. The van der Waals surface area contributed by atoms with Gasteiger partial charge < -0.3 is 14.7 Å². The first-order valence-corrected chi connectivity index (χ1v) is 12.0. The molecule has 1 heterocycles. The maximum Gasteiger partial charge on any atom is 0.306 e. The van der Waals surface area contributed by atoms with E-state index in [1.165, 1.54) is 31.4 Å². The van der Waals surface area contributed by atoms with Crippen LogP contribution in [0.15, 0.2) is 29.2 Å². The summed E-state index contributed by atoms with van der Waals surface area (Å²) in [5.41, 5.74) is 7.95. The van der Waals surface area contributed by atoms with E-state index in [9.17, 15) is 27.9 Å². The van der Waals surface area contributed by atoms with E-state index in [4.69, 9.17) is 15.7 Å². The molecule has 1 aromatic rings. The molecule has 0 aliphatic carbocycles. The average molecular weight is 486 g/mol. The molecule has 3 unspecified atom stereocenters. The Hall–Kier alpha value is -2.70. The van der Waals surface area contributed by atoms with Gasteiger partial charge in [-0.3, -0.25) is 25.3 Å². The minimum absolute atomic E-state index is 0.0445. The number of carbonyl (C=O) groups is 3. The normalized spacial score (nSPS) is 22.0. The number of likely N-dealkylation sites (tertiary alicyclic amines) is 1. The van der Waals surface area contributed by atoms with Crippen molar-refractivity contribution in [3.8, 4) is 5.75 Å². The molecule has 2 rings (SSSR count). The van der Waals surface area contributed by atoms with Gasteiger partial charge in [0, 0.05) is 25.3 Å². The van der Waals surface area contributed by atoms with Crippen molar-refractivity contribution >= 4 is 27.6 Å². The van der Waals surface area contributed by atoms with Gasteiger partial charge in [-0.25, -0.2) is 13.9 Å². The number of sulfone groups is 1. The molecule has 1 saturated heterocycles. The quantitative estimate of drug-likeness (QED) is 0.293. The number of piperidine rings is 1. The number of methoxy groups -OCH3 is 1. The van der Waals surface area contributed by atoms with E-state index in [-0.39, 0.29) is 36.6 Å². The first-order chi connectivity index (χ1) is 15.4. The Labute approximate surface area is 192 Å². The number of carboxylic acid groups (broad SMARTS) is 1. The van der Waals surface area contributed by atoms with Crippen molar-refractivity contribution in [3.63, 3.8) is 0 Å². The van der Waals surface area contributed by atoms with Gasteiger partial charge in [-0.05, 0) is 43.0 Å². The summed E-state index contributed by atoms with van der Waals surface area (Å²) in [5, 5.41) is 18.4. The zero-order chi connectivity index (χ0) is 25.0. The van der Waals surface area contributed by atoms with Crippen molar-refractivity contribution in [1.29, 1.82) is 0 Å². The number of hydrogen-bond donors (Lipinski definition) is 4. The van der Waals surface area contributed by atoms with Crippen LogP contribution >= 0.6 is 0 Å². The van der Waals surface area contributed by atoms with Gasteiger partial charge in [0.25, 0.3) is 0 Å². The van der Waals surface area contributed by atoms with E-state index >= 15 is 0 Å². The number of rotatable bonds is 9. The molecular weight excluding hydrogens is 454 g/mol. The topological polar surface area (TPSA) is 176 Å². The molecule has 0 bridgehead atoms. The minimum atomic E-state index is -4.38. The highest BCUT2D eigenvalue weighted by Crippen LogP contribution is 2.37. The summed E-state index contributed by atoms with van der Waals surface area (Å²) in [6.45, 7) is 3.34. The number of carboxylic acids is 1. The van der Waals surface area contributed by atoms with Crippen LogP contribution in [-0.2, 0) is 24.2 Å². The van der Waals surface area contributed by atoms with Gasteiger partial charge in [-0.1, -0.05) is 13.8 Å². The highest BCUT2D eigenvalue weighted by Gasteiger charge is 2.53. The molecule has 33 heavy (non-hydrogen) atoms. The first kappa shape index (κ1) is 26.6. The Balaban J connectivity index is 2.39. The molecule has 184 valence electrons. The van der Waals surface area contributed by atoms with E-state index in [0.29, 0.717) is 5.75 Å². The lowest BCUT2D eigenvalue weighted by atomic mass is 9.89. The fraction of sp³-hybridized carbons (Fsp3) is 0.571. The molecule has 3 atom stereocenters. The summed E-state index contributed by atoms with van der Waals surface area (Å²) in [6.07, 6.45) is -0.582. The molecule has 12 heteroatoms. The molecule has 0 radical (unpaired) electrons. The zero-order valence-corrected chi connectivity index (χ0v) is 19.7. The number of ether oxygens (including phenoxy) is 1. The third-order valence-corrected chi connectivity index (χ3v) is 8.31. The zero-order valence-electron chi connectivity index (χ0n) is 18.9. The second-order valence-corrected chi connectivity index (χ2v) is 10.6. The Kier molecular flexibility index (Phi) is 8.44. The molecule has 1 fully saturated rings. The lowest BCUT2D eigenvalue weighted by Crippen LogP contribution is -2.67. The summed E-state index contributed by atoms with van der Waals surface area (Å²) in [5.74, 6) is -3.95. The summed E-state index contributed by atoms with van der Waals surface area (Å²) < 4.78 is 32.1. The van der Waals surface area contributed by atoms with Crippen LogP contribution in [0.3, 0.4) is 0 Å². The van der Waals surface area contributed by atoms with Gasteiger partial charge in [0.15, 0.2) is 0 Å². The van der Waals surface area contributed by atoms with Crippen molar-refractivity contribution in [2.24, 2.45) is 23.5 Å². The van der Waals surface area contributed by atoms with Gasteiger partial charge in [0.1, 0.15) is 5.75 Å². The molecule has 0 aromatic heterocycles. The van der Waals surface area contributed by atoms with Gasteiger partial charge in [-0.15, -0.1) is 0 Å². The highest BCUT2D eigenvalue weighted by atomic mass is 32.2. The number of nitrogens with one attached hydrogen (secondary N) is 1. The van der Waals surface area contributed by atoms with E-state index in [1.54, 1.807) is 19.3 Å². The molecule has 5 N–H and O–H groups in total. The van der Waals surface area contributed by atoms with E-state index < -0.39 is 50.9 Å². The van der Waals surface area contributed by atoms with Gasteiger partial charge in [0.2, 0.25) is 26.6 Å². The second kappa shape index (κ2) is 10.5. The van der Waals surface area contributed by atoms with E-state index in [2.05, 4.69) is 0 Å². The predicted octanol–water partition coefficient (Wildman–Crippen LogP) is 0.962. The lowest BCUT2D eigenvalue weighted by molar-refractivity contribution is -0.149. The third-order valence-electron chi connectivity index (χ3n) is 6.10. The number of nitrogens with zero attached hydrogens (tertiary/aromatic N) is 1. The molecular formula is C21H31N3O8S. The maximum absolute atomic E-state index is 13.5. The van der Waals surface area contributed by atoms with E-state index in [0.717, 1.165) is 4.90 Å². The standard InChI is InChI=1S/C21H31N3O8S/c1-13(2)17(19(26)23-29)8-9-18(25)24-11-10-14(20(27)28)12-21(24,22)33(30,31)16-6-4-15(32-3)5-7-16/h4-7,13-14,17,29H,8-12,22H2,1-3H3,(H,23,26)(H,27,28). The summed E-state index contributed by atoms with van der Waals surface area (Å²) in [6, 6.07) is 5.44. The van der Waals surface area contributed by atoms with Gasteiger partial charge in [-0.2, -0.15) is 0 Å². The van der Waals surface area contributed by atoms with Crippen LogP contribution in [0.25, 0.3) is 0 Å². The molecule has 2 amide bonds. The Morgan fingerprint density at radius 3 is 2.36 bits per heavy atom. The number of nitrogens with two attached hydrogens (primary N) is 1. The monoisotopic (exact) mass is 485 g/mol. The van der Waals surface area contributed by atoms with Crippen LogP contribution in [0.4, 0.5) is 0 Å². The van der Waals surface area contributed by atoms with Crippen LogP contribution in [0, 0.1) is 17.8 Å². The summed E-state index contributed by atoms with van der Waals surface area (Å²) in [4.78, 5) is 35.2. The lowest BCUT2D eigenvalue weighted by Gasteiger charge is -2.45. The van der Waals surface area contributed by atoms with E-state index in [1.807, 2.05) is 0 Å². The number of aliphatic carboxylic acids is 1. The van der Waals surface area contributed by atoms with Crippen molar-refractivity contribution in [3.05, 3.63) is 24.3 Å². The van der Waals surface area contributed by atoms with Crippen LogP contribution in [-0.4, -0.2) is 60.1 Å². The smallest absolute Gasteiger partial charge is 0.306 e. The Morgan fingerprint density at radius 1 is 1.27 bits per heavy atom. The SMILES string of the molecule is COc1ccc(S(=O)(=O)C2(N)CC(C(=O)O)CCN2C(=O)CCC(C(=O)NO)C(C)C)cc1. The van der Waals surface area contributed by atoms with Crippen LogP contribution in [0.1, 0.15) is 39.5 Å². The van der Waals surface area contributed by atoms with Crippen molar-refractivity contribution in [2.75, 3.05) is 13.7 Å². The van der Waals surface area contributed by atoms with Crippen molar-refractivity contribution < 1.29 is 37.9 Å².